The number of benzene rings is 2. The summed E-state index contributed by atoms with van der Waals surface area (Å²) in [5.41, 5.74) is 2.49. The van der Waals surface area contributed by atoms with Crippen LogP contribution in [-0.4, -0.2) is 7.11 Å². The Hall–Kier alpha value is -1.03. The molecule has 0 saturated carbocycles. The van der Waals surface area contributed by atoms with E-state index in [4.69, 9.17) is 4.74 Å². The van der Waals surface area contributed by atoms with Gasteiger partial charge in [0.05, 0.1) is 7.11 Å². The highest BCUT2D eigenvalue weighted by Gasteiger charge is 2.01. The molecule has 0 heterocycles. The van der Waals surface area contributed by atoms with Gasteiger partial charge < -0.3 is 4.74 Å². The summed E-state index contributed by atoms with van der Waals surface area (Å²) in [6, 6.07) is 16.5. The van der Waals surface area contributed by atoms with E-state index in [-0.39, 0.29) is 0 Å². The van der Waals surface area contributed by atoms with Gasteiger partial charge in [0, 0.05) is 3.57 Å². The van der Waals surface area contributed by atoms with Crippen LogP contribution >= 0.6 is 22.6 Å². The molecular weight excluding hydrogens is 299 g/mol. The molecule has 0 aliphatic carbocycles. The Bertz CT molecular complexity index is 448. The number of ether oxygens (including phenoxy) is 1. The van der Waals surface area contributed by atoms with Gasteiger partial charge in [0.1, 0.15) is 5.75 Å². The van der Waals surface area contributed by atoms with Gasteiger partial charge in [-0.25, -0.2) is 0 Å². The summed E-state index contributed by atoms with van der Waals surface area (Å²) in [5.74, 6) is 0.893. The van der Waals surface area contributed by atoms with Gasteiger partial charge in [-0.15, -0.1) is 0 Å². The lowest BCUT2D eigenvalue weighted by Crippen LogP contribution is -1.84. The zero-order valence-corrected chi connectivity index (χ0v) is 10.6. The molecule has 2 heteroatoms. The number of rotatable bonds is 2. The summed E-state index contributed by atoms with van der Waals surface area (Å²) in [5, 5.41) is 0. The largest absolute Gasteiger partial charge is 0.497 e. The van der Waals surface area contributed by atoms with Gasteiger partial charge in [0.25, 0.3) is 0 Å². The lowest BCUT2D eigenvalue weighted by Gasteiger charge is -2.05. The fourth-order valence-electron chi connectivity index (χ4n) is 1.47. The summed E-state index contributed by atoms with van der Waals surface area (Å²) in [6.45, 7) is 0. The quantitative estimate of drug-likeness (QED) is 0.763. The molecule has 0 amide bonds. The van der Waals surface area contributed by atoms with Gasteiger partial charge in [-0.05, 0) is 51.9 Å². The summed E-state index contributed by atoms with van der Waals surface area (Å²) in [4.78, 5) is 0. The molecule has 0 radical (unpaired) electrons. The van der Waals surface area contributed by atoms with E-state index < -0.39 is 0 Å². The molecule has 0 saturated heterocycles. The number of methoxy groups -OCH3 is 1. The minimum atomic E-state index is 0.893. The first-order chi connectivity index (χ1) is 7.31. The van der Waals surface area contributed by atoms with Crippen molar-refractivity contribution in [3.8, 4) is 16.9 Å². The molecule has 2 rings (SSSR count). The molecule has 0 bridgehead atoms. The van der Waals surface area contributed by atoms with Gasteiger partial charge in [-0.2, -0.15) is 0 Å². The van der Waals surface area contributed by atoms with Crippen LogP contribution in [0.5, 0.6) is 5.75 Å². The monoisotopic (exact) mass is 310 g/mol. The topological polar surface area (TPSA) is 9.23 Å². The maximum absolute atomic E-state index is 5.13. The van der Waals surface area contributed by atoms with Crippen molar-refractivity contribution in [3.05, 3.63) is 52.1 Å². The van der Waals surface area contributed by atoms with Gasteiger partial charge in [-0.3, -0.25) is 0 Å². The predicted octanol–water partition coefficient (Wildman–Crippen LogP) is 3.97. The average Bonchev–Trinajstić information content (AvgIpc) is 2.30. The van der Waals surface area contributed by atoms with Crippen LogP contribution in [-0.2, 0) is 0 Å². The molecule has 2 aromatic rings. The lowest BCUT2D eigenvalue weighted by molar-refractivity contribution is 0.415. The van der Waals surface area contributed by atoms with E-state index in [0.29, 0.717) is 0 Å². The van der Waals surface area contributed by atoms with Crippen LogP contribution in [0.2, 0.25) is 0 Å². The molecule has 1 nitrogen and oxygen atoms in total. The third-order valence-corrected chi connectivity index (χ3v) is 3.22. The molecule has 0 aliphatic heterocycles. The first kappa shape index (κ1) is 10.5. The van der Waals surface area contributed by atoms with E-state index in [0.717, 1.165) is 5.75 Å². The minimum absolute atomic E-state index is 0.893. The van der Waals surface area contributed by atoms with Crippen molar-refractivity contribution in [2.75, 3.05) is 7.11 Å². The maximum Gasteiger partial charge on any atom is 0.118 e. The van der Waals surface area contributed by atoms with E-state index in [9.17, 15) is 0 Å². The molecule has 15 heavy (non-hydrogen) atoms. The smallest absolute Gasteiger partial charge is 0.118 e. The Morgan fingerprint density at radius 1 is 0.933 bits per heavy atom. The normalized spacial score (nSPS) is 10.0. The summed E-state index contributed by atoms with van der Waals surface area (Å²) < 4.78 is 6.40. The molecule has 0 N–H and O–H groups in total. The van der Waals surface area contributed by atoms with Crippen LogP contribution in [0.1, 0.15) is 0 Å². The van der Waals surface area contributed by atoms with Crippen molar-refractivity contribution in [1.29, 1.82) is 0 Å². The van der Waals surface area contributed by atoms with Gasteiger partial charge in [-0.1, -0.05) is 30.3 Å². The zero-order chi connectivity index (χ0) is 10.7. The highest BCUT2D eigenvalue weighted by atomic mass is 127. The first-order valence-corrected chi connectivity index (χ1v) is 5.78. The van der Waals surface area contributed by atoms with Gasteiger partial charge >= 0.3 is 0 Å². The van der Waals surface area contributed by atoms with Crippen molar-refractivity contribution in [2.45, 2.75) is 0 Å². The zero-order valence-electron chi connectivity index (χ0n) is 8.41. The highest BCUT2D eigenvalue weighted by molar-refractivity contribution is 14.1. The van der Waals surface area contributed by atoms with E-state index in [1.807, 2.05) is 12.1 Å². The SMILES string of the molecule is COc1ccc(-c2ccccc2I)cc1. The van der Waals surface area contributed by atoms with Gasteiger partial charge in [0.2, 0.25) is 0 Å². The fraction of sp³-hybridized carbons (Fsp3) is 0.0769. The Morgan fingerprint density at radius 2 is 1.60 bits per heavy atom. The molecule has 0 spiro atoms. The summed E-state index contributed by atoms with van der Waals surface area (Å²) in [7, 11) is 1.68. The molecule has 76 valence electrons. The Morgan fingerprint density at radius 3 is 2.20 bits per heavy atom. The van der Waals surface area contributed by atoms with Crippen LogP contribution < -0.4 is 4.74 Å². The lowest BCUT2D eigenvalue weighted by atomic mass is 10.1. The van der Waals surface area contributed by atoms with E-state index in [2.05, 4.69) is 59.0 Å². The average molecular weight is 310 g/mol. The minimum Gasteiger partial charge on any atom is -0.497 e. The standard InChI is InChI=1S/C13H11IO/c1-15-11-8-6-10(7-9-11)12-4-2-3-5-13(12)14/h2-9H,1H3. The predicted molar refractivity (Wildman–Crippen MR) is 71.1 cm³/mol. The Balaban J connectivity index is 2.42. The van der Waals surface area contributed by atoms with Gasteiger partial charge in [0.15, 0.2) is 0 Å². The number of hydrogen-bond acceptors (Lipinski definition) is 1. The Labute approximate surface area is 103 Å². The molecule has 0 unspecified atom stereocenters. The van der Waals surface area contributed by atoms with E-state index in [1.54, 1.807) is 7.11 Å². The number of hydrogen-bond donors (Lipinski definition) is 0. The van der Waals surface area contributed by atoms with Crippen LogP contribution in [0.3, 0.4) is 0 Å². The second-order valence-electron chi connectivity index (χ2n) is 3.21. The fourth-order valence-corrected chi connectivity index (χ4v) is 2.16. The van der Waals surface area contributed by atoms with Crippen LogP contribution in [0.25, 0.3) is 11.1 Å². The third-order valence-electron chi connectivity index (χ3n) is 2.27. The third kappa shape index (κ3) is 2.31. The van der Waals surface area contributed by atoms with Crippen molar-refractivity contribution < 1.29 is 4.74 Å². The van der Waals surface area contributed by atoms with Crippen molar-refractivity contribution in [1.82, 2.24) is 0 Å². The molecule has 0 aromatic heterocycles. The highest BCUT2D eigenvalue weighted by Crippen LogP contribution is 2.26. The van der Waals surface area contributed by atoms with Crippen LogP contribution in [0, 0.1) is 3.57 Å². The van der Waals surface area contributed by atoms with Crippen molar-refractivity contribution in [3.63, 3.8) is 0 Å². The molecule has 2 aromatic carbocycles. The second-order valence-corrected chi connectivity index (χ2v) is 4.37. The maximum atomic E-state index is 5.13. The number of halogens is 1. The van der Waals surface area contributed by atoms with E-state index >= 15 is 0 Å². The molecule has 0 fully saturated rings. The van der Waals surface area contributed by atoms with E-state index in [1.165, 1.54) is 14.7 Å². The first-order valence-electron chi connectivity index (χ1n) is 4.70. The summed E-state index contributed by atoms with van der Waals surface area (Å²) in [6.07, 6.45) is 0. The van der Waals surface area contributed by atoms with Crippen molar-refractivity contribution >= 4 is 22.6 Å². The molecular formula is C13H11IO. The van der Waals surface area contributed by atoms with Crippen LogP contribution in [0.4, 0.5) is 0 Å². The van der Waals surface area contributed by atoms with Crippen molar-refractivity contribution in [2.24, 2.45) is 0 Å². The summed E-state index contributed by atoms with van der Waals surface area (Å²) >= 11 is 2.35. The molecule has 0 aliphatic rings. The Kier molecular flexibility index (Phi) is 3.26. The molecule has 0 atom stereocenters. The second kappa shape index (κ2) is 4.66. The van der Waals surface area contributed by atoms with Crippen LogP contribution in [0.15, 0.2) is 48.5 Å².